The third kappa shape index (κ3) is 6.34. The van der Waals surface area contributed by atoms with Crippen molar-refractivity contribution < 1.29 is 27.5 Å². The van der Waals surface area contributed by atoms with E-state index in [0.717, 1.165) is 35.5 Å². The van der Waals surface area contributed by atoms with Crippen LogP contribution in [0.15, 0.2) is 35.1 Å². The molecule has 1 aromatic carbocycles. The van der Waals surface area contributed by atoms with Gasteiger partial charge in [-0.3, -0.25) is 0 Å². The minimum absolute atomic E-state index is 0.0542. The number of benzene rings is 1. The van der Waals surface area contributed by atoms with Crippen LogP contribution >= 0.6 is 0 Å². The number of ether oxygens (including phenoxy) is 1. The number of hydrogen-bond donors (Lipinski definition) is 2. The molecule has 2 atom stereocenters. The van der Waals surface area contributed by atoms with Crippen LogP contribution < -0.4 is 5.32 Å². The van der Waals surface area contributed by atoms with Crippen molar-refractivity contribution in [1.82, 2.24) is 19.7 Å². The molecule has 1 fully saturated rings. The Labute approximate surface area is 237 Å². The molecule has 3 aromatic heterocycles. The van der Waals surface area contributed by atoms with Crippen LogP contribution in [0.4, 0.5) is 19.1 Å². The molecule has 0 spiro atoms. The molecule has 220 valence electrons. The Morgan fingerprint density at radius 2 is 1.98 bits per heavy atom. The van der Waals surface area contributed by atoms with Crippen LogP contribution in [0.25, 0.3) is 33.3 Å². The van der Waals surface area contributed by atoms with Gasteiger partial charge >= 0.3 is 6.18 Å². The highest BCUT2D eigenvalue weighted by molar-refractivity contribution is 6.76. The van der Waals surface area contributed by atoms with E-state index in [4.69, 9.17) is 9.26 Å². The zero-order valence-corrected chi connectivity index (χ0v) is 25.0. The average Bonchev–Trinajstić information content (AvgIpc) is 3.57. The maximum absolute atomic E-state index is 14.3. The highest BCUT2D eigenvalue weighted by atomic mass is 28.3. The number of aliphatic hydroxyl groups excluding tert-OH is 1. The second kappa shape index (κ2) is 11.2. The third-order valence-electron chi connectivity index (χ3n) is 7.57. The van der Waals surface area contributed by atoms with Gasteiger partial charge in [-0.25, -0.2) is 9.97 Å². The van der Waals surface area contributed by atoms with Gasteiger partial charge in [0.25, 0.3) is 0 Å². The lowest BCUT2D eigenvalue weighted by Gasteiger charge is -2.18. The van der Waals surface area contributed by atoms with E-state index in [1.807, 2.05) is 30.5 Å². The molecule has 8 nitrogen and oxygen atoms in total. The number of aromatic nitrogens is 4. The number of hydrogen-bond acceptors (Lipinski definition) is 7. The summed E-state index contributed by atoms with van der Waals surface area (Å²) in [5.74, 6) is 0.713. The molecule has 0 saturated heterocycles. The van der Waals surface area contributed by atoms with E-state index in [9.17, 15) is 18.3 Å². The molecule has 12 heteroatoms. The van der Waals surface area contributed by atoms with Gasteiger partial charge in [-0.2, -0.15) is 13.2 Å². The fraction of sp³-hybridized carbons (Fsp3) is 0.483. The Balaban J connectivity index is 1.62. The van der Waals surface area contributed by atoms with Crippen molar-refractivity contribution in [3.63, 3.8) is 0 Å². The van der Waals surface area contributed by atoms with Gasteiger partial charge in [0.15, 0.2) is 0 Å². The van der Waals surface area contributed by atoms with E-state index in [1.165, 1.54) is 0 Å². The number of fused-ring (bicyclic) bond motifs is 1. The lowest BCUT2D eigenvalue weighted by molar-refractivity contribution is -0.137. The average molecular weight is 588 g/mol. The Morgan fingerprint density at radius 3 is 2.61 bits per heavy atom. The highest BCUT2D eigenvalue weighted by Gasteiger charge is 2.37. The molecule has 1 aliphatic rings. The second-order valence-electron chi connectivity index (χ2n) is 12.0. The van der Waals surface area contributed by atoms with Crippen LogP contribution in [0.2, 0.25) is 25.7 Å². The van der Waals surface area contributed by atoms with E-state index in [0.29, 0.717) is 41.7 Å². The van der Waals surface area contributed by atoms with Gasteiger partial charge < -0.3 is 24.3 Å². The molecule has 41 heavy (non-hydrogen) atoms. The van der Waals surface area contributed by atoms with E-state index in [2.05, 4.69) is 40.1 Å². The number of nitrogens with zero attached hydrogens (tertiary/aromatic N) is 4. The van der Waals surface area contributed by atoms with Gasteiger partial charge in [-0.05, 0) is 50.8 Å². The van der Waals surface area contributed by atoms with Gasteiger partial charge in [-0.1, -0.05) is 36.9 Å². The van der Waals surface area contributed by atoms with Crippen molar-refractivity contribution in [2.75, 3.05) is 11.9 Å². The summed E-state index contributed by atoms with van der Waals surface area (Å²) in [6.45, 7) is 11.2. The summed E-state index contributed by atoms with van der Waals surface area (Å²) in [6.07, 6.45) is -0.629. The maximum Gasteiger partial charge on any atom is 0.419 e. The summed E-state index contributed by atoms with van der Waals surface area (Å²) in [4.78, 5) is 8.34. The normalized spacial score (nSPS) is 18.0. The molecule has 4 aromatic rings. The largest absolute Gasteiger partial charge is 0.419 e. The van der Waals surface area contributed by atoms with Crippen LogP contribution in [0.3, 0.4) is 0 Å². The summed E-state index contributed by atoms with van der Waals surface area (Å²) in [6, 6.07) is 6.25. The van der Waals surface area contributed by atoms with Gasteiger partial charge in [-0.15, -0.1) is 0 Å². The molecule has 0 aliphatic heterocycles. The van der Waals surface area contributed by atoms with E-state index >= 15 is 0 Å². The van der Waals surface area contributed by atoms with Crippen molar-refractivity contribution in [2.45, 2.75) is 83.8 Å². The zero-order chi connectivity index (χ0) is 29.5. The topological polar surface area (TPSA) is 98.2 Å². The third-order valence-corrected chi connectivity index (χ3v) is 9.28. The predicted octanol–water partition coefficient (Wildman–Crippen LogP) is 7.03. The number of aliphatic hydroxyl groups is 1. The number of aryl methyl sites for hydroxylation is 2. The number of alkyl halides is 3. The number of rotatable bonds is 9. The Hall–Kier alpha value is -3.22. The number of anilines is 1. The molecule has 5 rings (SSSR count). The highest BCUT2D eigenvalue weighted by Crippen LogP contribution is 2.41. The quantitative estimate of drug-likeness (QED) is 0.160. The molecule has 2 N–H and O–H groups in total. The first-order chi connectivity index (χ1) is 19.3. The Morgan fingerprint density at radius 1 is 1.20 bits per heavy atom. The standard InChI is InChI=1S/C29H36F3N5O3Si/c1-17-26(18(2)40-36-17)19-9-10-20-21(15-37(24(20)13-19)16-39-11-12-41(3,4)5)27-22(29(30,31)32)14-33-28(35-27)34-23-7-6-8-25(23)38/h9-10,13-15,23,25,38H,6-8,11-12,16H2,1-5H3,(H,33,34,35)/t23-,25+/m0/s1. The smallest absolute Gasteiger partial charge is 0.391 e. The molecular weight excluding hydrogens is 551 g/mol. The fourth-order valence-corrected chi connectivity index (χ4v) is 6.07. The van der Waals surface area contributed by atoms with Crippen molar-refractivity contribution in [2.24, 2.45) is 0 Å². The van der Waals surface area contributed by atoms with E-state index < -0.39 is 25.9 Å². The first kappa shape index (κ1) is 29.3. The maximum atomic E-state index is 14.3. The van der Waals surface area contributed by atoms with Crippen LogP contribution in [0.1, 0.15) is 36.3 Å². The number of nitrogens with one attached hydrogen (secondary N) is 1. The Bertz CT molecular complexity index is 1520. The van der Waals surface area contributed by atoms with Crippen LogP contribution in [-0.4, -0.2) is 51.6 Å². The van der Waals surface area contributed by atoms with Gasteiger partial charge in [0, 0.05) is 43.6 Å². The van der Waals surface area contributed by atoms with Crippen molar-refractivity contribution in [1.29, 1.82) is 0 Å². The SMILES string of the molecule is Cc1noc(C)c1-c1ccc2c(-c3nc(N[C@H]4CCC[C@H]4O)ncc3C(F)(F)F)cn(COCC[Si](C)(C)C)c2c1. The summed E-state index contributed by atoms with van der Waals surface area (Å²) >= 11 is 0. The first-order valence-electron chi connectivity index (χ1n) is 13.8. The first-order valence-corrected chi connectivity index (χ1v) is 17.6. The van der Waals surface area contributed by atoms with Gasteiger partial charge in [0.1, 0.15) is 18.1 Å². The molecule has 1 aliphatic carbocycles. The summed E-state index contributed by atoms with van der Waals surface area (Å²) in [7, 11) is -1.33. The van der Waals surface area contributed by atoms with Crippen molar-refractivity contribution >= 4 is 24.9 Å². The zero-order valence-electron chi connectivity index (χ0n) is 24.0. The lowest BCUT2D eigenvalue weighted by Crippen LogP contribution is -2.29. The summed E-state index contributed by atoms with van der Waals surface area (Å²) < 4.78 is 56.0. The molecule has 0 amide bonds. The van der Waals surface area contributed by atoms with Crippen LogP contribution in [-0.2, 0) is 17.6 Å². The van der Waals surface area contributed by atoms with Crippen molar-refractivity contribution in [3.8, 4) is 22.4 Å². The molecule has 0 bridgehead atoms. The minimum atomic E-state index is -4.67. The fourth-order valence-electron chi connectivity index (χ4n) is 5.32. The number of halogens is 3. The van der Waals surface area contributed by atoms with Gasteiger partial charge in [0.05, 0.1) is 29.1 Å². The van der Waals surface area contributed by atoms with Crippen LogP contribution in [0.5, 0.6) is 0 Å². The summed E-state index contributed by atoms with van der Waals surface area (Å²) in [5, 5.41) is 17.9. The predicted molar refractivity (Wildman–Crippen MR) is 154 cm³/mol. The molecule has 1 saturated carbocycles. The van der Waals surface area contributed by atoms with Crippen molar-refractivity contribution in [3.05, 3.63) is 47.6 Å². The van der Waals surface area contributed by atoms with E-state index in [-0.39, 0.29) is 24.4 Å². The van der Waals surface area contributed by atoms with E-state index in [1.54, 1.807) is 12.3 Å². The molecule has 3 heterocycles. The monoisotopic (exact) mass is 587 g/mol. The van der Waals surface area contributed by atoms with Crippen LogP contribution in [0, 0.1) is 13.8 Å². The lowest BCUT2D eigenvalue weighted by atomic mass is 10.0. The van der Waals surface area contributed by atoms with Gasteiger partial charge in [0.2, 0.25) is 5.95 Å². The minimum Gasteiger partial charge on any atom is -0.391 e. The summed E-state index contributed by atoms with van der Waals surface area (Å²) in [5.41, 5.74) is 2.30. The molecule has 0 unspecified atom stereocenters. The Kier molecular flexibility index (Phi) is 8.01. The molecule has 0 radical (unpaired) electrons. The molecular formula is C29H36F3N5O3Si. The second-order valence-corrected chi connectivity index (χ2v) is 17.6.